The van der Waals surface area contributed by atoms with E-state index in [1.807, 2.05) is 32.2 Å². The van der Waals surface area contributed by atoms with Crippen molar-refractivity contribution in [2.24, 2.45) is 4.99 Å². The molecule has 0 aromatic carbocycles. The molecular weight excluding hydrogens is 184 g/mol. The molecule has 1 N–H and O–H groups in total. The molecule has 0 fully saturated rings. The van der Waals surface area contributed by atoms with Crippen LogP contribution in [0.25, 0.3) is 0 Å². The Balaban J connectivity index is 3.27. The Morgan fingerprint density at radius 1 is 1.47 bits per heavy atom. The Kier molecular flexibility index (Phi) is 3.86. The number of hydrogen-bond donors (Lipinski definition) is 1. The van der Waals surface area contributed by atoms with E-state index in [0.717, 1.165) is 22.5 Å². The molecule has 0 radical (unpaired) electrons. The van der Waals surface area contributed by atoms with Crippen LogP contribution in [0.2, 0.25) is 0 Å². The van der Waals surface area contributed by atoms with Crippen molar-refractivity contribution < 1.29 is 0 Å². The monoisotopic (exact) mass is 200 g/mol. The summed E-state index contributed by atoms with van der Waals surface area (Å²) >= 11 is 0. The van der Waals surface area contributed by atoms with Crippen molar-refractivity contribution in [1.82, 2.24) is 4.98 Å². The van der Waals surface area contributed by atoms with Gasteiger partial charge in [-0.3, -0.25) is 4.99 Å². The SMILES string of the molecule is C=CN=C(/C(C=C)=C/C)c1cc[nH]c1C. The number of H-pyrrole nitrogens is 1. The molecule has 78 valence electrons. The molecule has 1 heterocycles. The molecule has 1 rings (SSSR count). The van der Waals surface area contributed by atoms with Crippen molar-refractivity contribution in [2.45, 2.75) is 13.8 Å². The smallest absolute Gasteiger partial charge is 0.0788 e. The molecule has 0 spiro atoms. The lowest BCUT2D eigenvalue weighted by atomic mass is 10.0. The highest BCUT2D eigenvalue weighted by atomic mass is 14.7. The lowest BCUT2D eigenvalue weighted by Crippen LogP contribution is -2.03. The molecule has 2 nitrogen and oxygen atoms in total. The van der Waals surface area contributed by atoms with E-state index in [2.05, 4.69) is 23.1 Å². The molecule has 0 saturated heterocycles. The molecule has 0 amide bonds. The molecule has 0 aliphatic heterocycles. The molecule has 15 heavy (non-hydrogen) atoms. The molecule has 1 aromatic heterocycles. The summed E-state index contributed by atoms with van der Waals surface area (Å²) in [4.78, 5) is 7.42. The van der Waals surface area contributed by atoms with Gasteiger partial charge in [0.15, 0.2) is 0 Å². The van der Waals surface area contributed by atoms with Crippen LogP contribution in [0.3, 0.4) is 0 Å². The van der Waals surface area contributed by atoms with E-state index < -0.39 is 0 Å². The van der Waals surface area contributed by atoms with Crippen molar-refractivity contribution in [3.8, 4) is 0 Å². The standard InChI is InChI=1S/C13H16N2/c1-5-11(6-2)13(14-7-3)12-8-9-15-10(12)4/h5-9,15H,1,3H2,2,4H3/b11-6+,14-13?. The minimum Gasteiger partial charge on any atom is -0.365 e. The number of nitrogens with one attached hydrogen (secondary N) is 1. The van der Waals surface area contributed by atoms with Crippen LogP contribution in [0.4, 0.5) is 0 Å². The summed E-state index contributed by atoms with van der Waals surface area (Å²) in [6.45, 7) is 11.4. The second-order valence-corrected chi connectivity index (χ2v) is 3.12. The van der Waals surface area contributed by atoms with Crippen molar-refractivity contribution in [1.29, 1.82) is 0 Å². The fraction of sp³-hybridized carbons (Fsp3) is 0.154. The Bertz CT molecular complexity index is 419. The highest BCUT2D eigenvalue weighted by Gasteiger charge is 2.09. The molecular formula is C13H16N2. The predicted molar refractivity (Wildman–Crippen MR) is 66.2 cm³/mol. The second-order valence-electron chi connectivity index (χ2n) is 3.12. The van der Waals surface area contributed by atoms with Gasteiger partial charge in [-0.25, -0.2) is 0 Å². The van der Waals surface area contributed by atoms with Gasteiger partial charge in [0, 0.05) is 23.7 Å². The summed E-state index contributed by atoms with van der Waals surface area (Å²) in [5.74, 6) is 0. The molecule has 0 aliphatic carbocycles. The van der Waals surface area contributed by atoms with Crippen molar-refractivity contribution in [3.63, 3.8) is 0 Å². The van der Waals surface area contributed by atoms with Gasteiger partial charge in [-0.15, -0.1) is 0 Å². The summed E-state index contributed by atoms with van der Waals surface area (Å²) in [5.41, 5.74) is 4.10. The van der Waals surface area contributed by atoms with E-state index in [0.29, 0.717) is 0 Å². The fourth-order valence-corrected chi connectivity index (χ4v) is 1.45. The highest BCUT2D eigenvalue weighted by molar-refractivity contribution is 6.15. The van der Waals surface area contributed by atoms with Crippen LogP contribution in [0, 0.1) is 6.92 Å². The maximum atomic E-state index is 4.29. The average Bonchev–Trinajstić information content (AvgIpc) is 2.65. The van der Waals surface area contributed by atoms with E-state index >= 15 is 0 Å². The Hall–Kier alpha value is -1.83. The van der Waals surface area contributed by atoms with Crippen LogP contribution in [-0.4, -0.2) is 10.7 Å². The lowest BCUT2D eigenvalue weighted by Gasteiger charge is -2.05. The van der Waals surface area contributed by atoms with Gasteiger partial charge >= 0.3 is 0 Å². The number of aryl methyl sites for hydroxylation is 1. The topological polar surface area (TPSA) is 28.1 Å². The molecule has 0 bridgehead atoms. The normalized spacial score (nSPS) is 12.7. The first kappa shape index (κ1) is 11.2. The largest absolute Gasteiger partial charge is 0.365 e. The number of aliphatic imine (C=N–C) groups is 1. The summed E-state index contributed by atoms with van der Waals surface area (Å²) < 4.78 is 0. The summed E-state index contributed by atoms with van der Waals surface area (Å²) in [7, 11) is 0. The fourth-order valence-electron chi connectivity index (χ4n) is 1.45. The maximum Gasteiger partial charge on any atom is 0.0788 e. The van der Waals surface area contributed by atoms with Gasteiger partial charge in [0.25, 0.3) is 0 Å². The Morgan fingerprint density at radius 2 is 2.20 bits per heavy atom. The van der Waals surface area contributed by atoms with Crippen molar-refractivity contribution in [3.05, 3.63) is 60.6 Å². The van der Waals surface area contributed by atoms with Gasteiger partial charge in [-0.2, -0.15) is 0 Å². The third-order valence-corrected chi connectivity index (χ3v) is 2.23. The maximum absolute atomic E-state index is 4.29. The van der Waals surface area contributed by atoms with Gasteiger partial charge in [-0.05, 0) is 25.5 Å². The molecule has 1 aromatic rings. The third kappa shape index (κ3) is 2.34. The van der Waals surface area contributed by atoms with E-state index in [-0.39, 0.29) is 0 Å². The zero-order chi connectivity index (χ0) is 11.3. The molecule has 0 unspecified atom stereocenters. The highest BCUT2D eigenvalue weighted by Crippen LogP contribution is 2.14. The van der Waals surface area contributed by atoms with Crippen LogP contribution in [0.15, 0.2) is 54.3 Å². The van der Waals surface area contributed by atoms with Gasteiger partial charge in [0.05, 0.1) is 5.71 Å². The van der Waals surface area contributed by atoms with E-state index in [4.69, 9.17) is 0 Å². The lowest BCUT2D eigenvalue weighted by molar-refractivity contribution is 1.26. The number of hydrogen-bond acceptors (Lipinski definition) is 1. The molecule has 2 heteroatoms. The molecule has 0 saturated carbocycles. The van der Waals surface area contributed by atoms with Crippen LogP contribution in [0.1, 0.15) is 18.2 Å². The third-order valence-electron chi connectivity index (χ3n) is 2.23. The van der Waals surface area contributed by atoms with Crippen molar-refractivity contribution >= 4 is 5.71 Å². The Morgan fingerprint density at radius 3 is 2.60 bits per heavy atom. The molecule has 0 atom stereocenters. The van der Waals surface area contributed by atoms with E-state index in [1.165, 1.54) is 0 Å². The quantitative estimate of drug-likeness (QED) is 0.570. The van der Waals surface area contributed by atoms with Crippen LogP contribution < -0.4 is 0 Å². The van der Waals surface area contributed by atoms with Crippen LogP contribution in [0.5, 0.6) is 0 Å². The Labute approximate surface area is 90.8 Å². The summed E-state index contributed by atoms with van der Waals surface area (Å²) in [6.07, 6.45) is 7.24. The van der Waals surface area contributed by atoms with Crippen LogP contribution >= 0.6 is 0 Å². The first-order valence-corrected chi connectivity index (χ1v) is 4.86. The first-order valence-electron chi connectivity index (χ1n) is 4.86. The zero-order valence-electron chi connectivity index (χ0n) is 9.25. The van der Waals surface area contributed by atoms with Crippen molar-refractivity contribution in [2.75, 3.05) is 0 Å². The summed E-state index contributed by atoms with van der Waals surface area (Å²) in [5, 5.41) is 0. The van der Waals surface area contributed by atoms with Gasteiger partial charge in [0.2, 0.25) is 0 Å². The van der Waals surface area contributed by atoms with Crippen LogP contribution in [-0.2, 0) is 0 Å². The number of nitrogens with zero attached hydrogens (tertiary/aromatic N) is 1. The van der Waals surface area contributed by atoms with Gasteiger partial charge in [-0.1, -0.05) is 25.3 Å². The summed E-state index contributed by atoms with van der Waals surface area (Å²) in [6, 6.07) is 2.00. The minimum atomic E-state index is 0.904. The average molecular weight is 200 g/mol. The minimum absolute atomic E-state index is 0.904. The number of aromatic amines is 1. The number of aromatic nitrogens is 1. The van der Waals surface area contributed by atoms with E-state index in [9.17, 15) is 0 Å². The number of allylic oxidation sites excluding steroid dienone is 3. The van der Waals surface area contributed by atoms with Gasteiger partial charge < -0.3 is 4.98 Å². The van der Waals surface area contributed by atoms with E-state index in [1.54, 1.807) is 12.3 Å². The first-order chi connectivity index (χ1) is 7.24. The predicted octanol–water partition coefficient (Wildman–Crippen LogP) is 3.39. The molecule has 0 aliphatic rings. The second kappa shape index (κ2) is 5.15. The van der Waals surface area contributed by atoms with Gasteiger partial charge in [0.1, 0.15) is 0 Å². The zero-order valence-corrected chi connectivity index (χ0v) is 9.25. The number of rotatable bonds is 4.